The molecule has 0 saturated carbocycles. The second-order valence-corrected chi connectivity index (χ2v) is 8.11. The summed E-state index contributed by atoms with van der Waals surface area (Å²) in [4.78, 5) is 0.274. The maximum absolute atomic E-state index is 12.9. The number of benzene rings is 3. The second-order valence-electron chi connectivity index (χ2n) is 6.14. The van der Waals surface area contributed by atoms with Crippen molar-refractivity contribution in [3.8, 4) is 5.75 Å². The Morgan fingerprint density at radius 2 is 1.52 bits per heavy atom. The standard InChI is InChI=1S/C20H21NO3S/c1-15(2)24-19-11-9-18(10-12-19)21(3)25(22,23)20-13-8-16-6-4-5-7-17(16)14-20/h4-15H,1-3H3. The summed E-state index contributed by atoms with van der Waals surface area (Å²) in [5.41, 5.74) is 0.587. The van der Waals surface area contributed by atoms with E-state index in [0.717, 1.165) is 16.5 Å². The lowest BCUT2D eigenvalue weighted by atomic mass is 10.1. The lowest BCUT2D eigenvalue weighted by Crippen LogP contribution is -2.26. The normalized spacial score (nSPS) is 11.7. The van der Waals surface area contributed by atoms with Crippen LogP contribution in [0, 0.1) is 0 Å². The molecule has 0 heterocycles. The lowest BCUT2D eigenvalue weighted by Gasteiger charge is -2.20. The van der Waals surface area contributed by atoms with E-state index in [1.54, 1.807) is 43.4 Å². The number of ether oxygens (including phenoxy) is 1. The Labute approximate surface area is 148 Å². The average molecular weight is 355 g/mol. The van der Waals surface area contributed by atoms with E-state index in [0.29, 0.717) is 5.69 Å². The minimum Gasteiger partial charge on any atom is -0.491 e. The molecule has 0 aliphatic carbocycles. The SMILES string of the molecule is CC(C)Oc1ccc(N(C)S(=O)(=O)c2ccc3ccccc3c2)cc1. The van der Waals surface area contributed by atoms with Gasteiger partial charge in [-0.25, -0.2) is 8.42 Å². The van der Waals surface area contributed by atoms with Gasteiger partial charge in [0.05, 0.1) is 16.7 Å². The molecule has 4 nitrogen and oxygen atoms in total. The highest BCUT2D eigenvalue weighted by Crippen LogP contribution is 2.26. The van der Waals surface area contributed by atoms with Gasteiger partial charge in [-0.15, -0.1) is 0 Å². The number of nitrogens with zero attached hydrogens (tertiary/aromatic N) is 1. The molecule has 0 N–H and O–H groups in total. The first kappa shape index (κ1) is 17.3. The van der Waals surface area contributed by atoms with E-state index in [1.165, 1.54) is 4.31 Å². The van der Waals surface area contributed by atoms with Crippen molar-refractivity contribution in [2.75, 3.05) is 11.4 Å². The summed E-state index contributed by atoms with van der Waals surface area (Å²) in [5, 5.41) is 1.91. The highest BCUT2D eigenvalue weighted by atomic mass is 32.2. The Morgan fingerprint density at radius 3 is 2.16 bits per heavy atom. The fourth-order valence-corrected chi connectivity index (χ4v) is 3.86. The number of rotatable bonds is 5. The van der Waals surface area contributed by atoms with E-state index in [2.05, 4.69) is 0 Å². The molecule has 0 saturated heterocycles. The molecule has 0 bridgehead atoms. The summed E-state index contributed by atoms with van der Waals surface area (Å²) >= 11 is 0. The van der Waals surface area contributed by atoms with Crippen LogP contribution in [0.25, 0.3) is 10.8 Å². The Kier molecular flexibility index (Phi) is 4.68. The predicted octanol–water partition coefficient (Wildman–Crippen LogP) is 4.45. The molecule has 0 atom stereocenters. The minimum absolute atomic E-state index is 0.0740. The molecule has 0 spiro atoms. The monoisotopic (exact) mass is 355 g/mol. The lowest BCUT2D eigenvalue weighted by molar-refractivity contribution is 0.242. The van der Waals surface area contributed by atoms with E-state index >= 15 is 0 Å². The van der Waals surface area contributed by atoms with Crippen LogP contribution in [0.1, 0.15) is 13.8 Å². The highest BCUT2D eigenvalue weighted by molar-refractivity contribution is 7.92. The van der Waals surface area contributed by atoms with E-state index < -0.39 is 10.0 Å². The third kappa shape index (κ3) is 3.61. The molecule has 3 aromatic rings. The number of anilines is 1. The first-order chi connectivity index (χ1) is 11.9. The third-order valence-corrected chi connectivity index (χ3v) is 5.73. The molecular formula is C20H21NO3S. The van der Waals surface area contributed by atoms with Crippen molar-refractivity contribution in [1.82, 2.24) is 0 Å². The Morgan fingerprint density at radius 1 is 0.880 bits per heavy atom. The van der Waals surface area contributed by atoms with Gasteiger partial charge < -0.3 is 4.74 Å². The zero-order valence-electron chi connectivity index (χ0n) is 14.5. The summed E-state index contributed by atoms with van der Waals surface area (Å²) in [6, 6.07) is 19.9. The zero-order valence-corrected chi connectivity index (χ0v) is 15.3. The van der Waals surface area contributed by atoms with Crippen LogP contribution in [0.3, 0.4) is 0 Å². The van der Waals surface area contributed by atoms with Gasteiger partial charge >= 0.3 is 0 Å². The van der Waals surface area contributed by atoms with Crippen LogP contribution in [0.5, 0.6) is 5.75 Å². The van der Waals surface area contributed by atoms with Crippen molar-refractivity contribution >= 4 is 26.5 Å². The van der Waals surface area contributed by atoms with Gasteiger partial charge in [0, 0.05) is 7.05 Å². The van der Waals surface area contributed by atoms with Crippen LogP contribution in [0.2, 0.25) is 0 Å². The molecule has 0 unspecified atom stereocenters. The molecule has 0 aliphatic rings. The molecule has 0 amide bonds. The molecule has 3 aromatic carbocycles. The van der Waals surface area contributed by atoms with Gasteiger partial charge in [-0.2, -0.15) is 0 Å². The maximum Gasteiger partial charge on any atom is 0.264 e. The first-order valence-corrected chi connectivity index (χ1v) is 9.56. The fraction of sp³-hybridized carbons (Fsp3) is 0.200. The minimum atomic E-state index is -3.63. The zero-order chi connectivity index (χ0) is 18.0. The third-order valence-electron chi connectivity index (χ3n) is 3.95. The summed E-state index contributed by atoms with van der Waals surface area (Å²) in [6.07, 6.45) is 0.0740. The topological polar surface area (TPSA) is 46.6 Å². The van der Waals surface area contributed by atoms with E-state index in [9.17, 15) is 8.42 Å². The first-order valence-electron chi connectivity index (χ1n) is 8.12. The van der Waals surface area contributed by atoms with Gasteiger partial charge in [0.1, 0.15) is 5.75 Å². The van der Waals surface area contributed by atoms with Crippen molar-refractivity contribution in [1.29, 1.82) is 0 Å². The van der Waals surface area contributed by atoms with E-state index in [-0.39, 0.29) is 11.0 Å². The van der Waals surface area contributed by atoms with E-state index in [4.69, 9.17) is 4.74 Å². The van der Waals surface area contributed by atoms with Crippen molar-refractivity contribution in [2.24, 2.45) is 0 Å². The molecule has 3 rings (SSSR count). The second kappa shape index (κ2) is 6.76. The van der Waals surface area contributed by atoms with Crippen LogP contribution >= 0.6 is 0 Å². The van der Waals surface area contributed by atoms with Gasteiger partial charge in [0.15, 0.2) is 0 Å². The summed E-state index contributed by atoms with van der Waals surface area (Å²) < 4.78 is 32.8. The van der Waals surface area contributed by atoms with Gasteiger partial charge in [0.25, 0.3) is 10.0 Å². The number of fused-ring (bicyclic) bond motifs is 1. The van der Waals surface area contributed by atoms with Crippen LogP contribution in [0.15, 0.2) is 71.6 Å². The molecular weight excluding hydrogens is 334 g/mol. The largest absolute Gasteiger partial charge is 0.491 e. The van der Waals surface area contributed by atoms with Crippen molar-refractivity contribution in [2.45, 2.75) is 24.8 Å². The average Bonchev–Trinajstić information content (AvgIpc) is 2.61. The summed E-state index contributed by atoms with van der Waals surface area (Å²) in [5.74, 6) is 0.718. The Hall–Kier alpha value is -2.53. The van der Waals surface area contributed by atoms with Gasteiger partial charge in [-0.05, 0) is 61.0 Å². The highest BCUT2D eigenvalue weighted by Gasteiger charge is 2.21. The number of hydrogen-bond acceptors (Lipinski definition) is 3. The number of sulfonamides is 1. The molecule has 25 heavy (non-hydrogen) atoms. The fourth-order valence-electron chi connectivity index (χ4n) is 2.63. The van der Waals surface area contributed by atoms with Gasteiger partial charge in [-0.3, -0.25) is 4.31 Å². The number of hydrogen-bond donors (Lipinski definition) is 0. The Bertz CT molecular complexity index is 979. The maximum atomic E-state index is 12.9. The van der Waals surface area contributed by atoms with E-state index in [1.807, 2.05) is 44.2 Å². The molecule has 0 radical (unpaired) electrons. The van der Waals surface area contributed by atoms with Gasteiger partial charge in [-0.1, -0.05) is 30.3 Å². The molecule has 0 fully saturated rings. The van der Waals surface area contributed by atoms with Crippen molar-refractivity contribution in [3.05, 3.63) is 66.7 Å². The molecule has 130 valence electrons. The van der Waals surface area contributed by atoms with Crippen molar-refractivity contribution in [3.63, 3.8) is 0 Å². The molecule has 5 heteroatoms. The van der Waals surface area contributed by atoms with Crippen LogP contribution in [-0.4, -0.2) is 21.6 Å². The quantitative estimate of drug-likeness (QED) is 0.679. The molecule has 0 aliphatic heterocycles. The Balaban J connectivity index is 1.92. The van der Waals surface area contributed by atoms with Crippen LogP contribution < -0.4 is 9.04 Å². The smallest absolute Gasteiger partial charge is 0.264 e. The van der Waals surface area contributed by atoms with Crippen LogP contribution in [-0.2, 0) is 10.0 Å². The van der Waals surface area contributed by atoms with Crippen molar-refractivity contribution < 1.29 is 13.2 Å². The molecule has 0 aromatic heterocycles. The van der Waals surface area contributed by atoms with Crippen LogP contribution in [0.4, 0.5) is 5.69 Å². The predicted molar refractivity (Wildman–Crippen MR) is 102 cm³/mol. The summed E-state index contributed by atoms with van der Waals surface area (Å²) in [7, 11) is -2.07. The van der Waals surface area contributed by atoms with Gasteiger partial charge in [0.2, 0.25) is 0 Å². The summed E-state index contributed by atoms with van der Waals surface area (Å²) in [6.45, 7) is 3.90.